The van der Waals surface area contributed by atoms with Gasteiger partial charge in [0.25, 0.3) is 0 Å². The fourth-order valence-corrected chi connectivity index (χ4v) is 5.29. The molecular weight excluding hydrogens is 335 g/mol. The Kier molecular flexibility index (Phi) is 3.03. The molecule has 2 aliphatic rings. The average molecular weight is 356 g/mol. The summed E-state index contributed by atoms with van der Waals surface area (Å²) in [6.07, 6.45) is 0. The van der Waals surface area contributed by atoms with Crippen LogP contribution in [0.15, 0.2) is 54.6 Å². The number of rotatable bonds is 1. The van der Waals surface area contributed by atoms with Crippen molar-refractivity contribution >= 4 is 13.8 Å². The smallest absolute Gasteiger partial charge is 0.192 e. The number of hydrogen-bond donors (Lipinski definition) is 0. The molecule has 128 valence electrons. The van der Waals surface area contributed by atoms with Crippen molar-refractivity contribution in [2.45, 2.75) is 38.5 Å². The molecule has 0 N–H and O–H groups in total. The van der Waals surface area contributed by atoms with Crippen LogP contribution in [0.3, 0.4) is 0 Å². The molecule has 0 saturated carbocycles. The highest BCUT2D eigenvalue weighted by Gasteiger charge is 2.41. The Morgan fingerprint density at radius 3 is 1.81 bits per heavy atom. The van der Waals surface area contributed by atoms with Crippen LogP contribution in [0.2, 0.25) is 0 Å². The molecule has 0 amide bonds. The van der Waals surface area contributed by atoms with Gasteiger partial charge in [-0.15, -0.1) is 0 Å². The monoisotopic (exact) mass is 356 g/mol. The largest absolute Gasteiger partial charge is 0.269 e. The fourth-order valence-electron chi connectivity index (χ4n) is 4.97. The van der Waals surface area contributed by atoms with E-state index in [4.69, 9.17) is 0 Å². The van der Waals surface area contributed by atoms with Crippen LogP contribution in [0.4, 0.5) is 0 Å². The zero-order valence-corrected chi connectivity index (χ0v) is 16.4. The van der Waals surface area contributed by atoms with Gasteiger partial charge < -0.3 is 0 Å². The molecule has 5 rings (SSSR count). The molecule has 0 unspecified atom stereocenters. The molecule has 2 heteroatoms. The highest BCUT2D eigenvalue weighted by atomic mass is 31.1. The normalized spacial score (nSPS) is 17.5. The molecule has 0 spiro atoms. The second-order valence-corrected chi connectivity index (χ2v) is 9.26. The van der Waals surface area contributed by atoms with Gasteiger partial charge in [-0.3, -0.25) is 4.57 Å². The predicted molar refractivity (Wildman–Crippen MR) is 109 cm³/mol. The summed E-state index contributed by atoms with van der Waals surface area (Å²) in [4.78, 5) is 0. The van der Waals surface area contributed by atoms with E-state index in [9.17, 15) is 4.57 Å². The van der Waals surface area contributed by atoms with E-state index < -0.39 is 0 Å². The van der Waals surface area contributed by atoms with Gasteiger partial charge in [-0.2, -0.15) is 0 Å². The minimum absolute atomic E-state index is 0.0153. The fraction of sp³-hybridized carbons (Fsp3) is 0.250. The molecule has 0 radical (unpaired) electrons. The van der Waals surface area contributed by atoms with Crippen LogP contribution in [0.25, 0.3) is 22.3 Å². The first kappa shape index (κ1) is 16.0. The van der Waals surface area contributed by atoms with Crippen LogP contribution in [-0.2, 0) is 15.4 Å². The first-order chi connectivity index (χ1) is 12.4. The van der Waals surface area contributed by atoms with Crippen LogP contribution >= 0.6 is 8.46 Å². The maximum Gasteiger partial charge on any atom is 0.192 e. The maximum absolute atomic E-state index is 11.4. The molecule has 0 aromatic heterocycles. The van der Waals surface area contributed by atoms with E-state index in [0.29, 0.717) is 0 Å². The van der Waals surface area contributed by atoms with Crippen LogP contribution in [0.1, 0.15) is 49.9 Å². The molecule has 0 aliphatic heterocycles. The van der Waals surface area contributed by atoms with Crippen LogP contribution in [-0.4, -0.2) is 0 Å². The topological polar surface area (TPSA) is 17.1 Å². The summed E-state index contributed by atoms with van der Waals surface area (Å²) in [7, 11) is 0.0881. The molecule has 0 bridgehead atoms. The quantitative estimate of drug-likeness (QED) is 0.473. The lowest BCUT2D eigenvalue weighted by Gasteiger charge is -2.24. The molecule has 0 heterocycles. The third-order valence-electron chi connectivity index (χ3n) is 6.47. The average Bonchev–Trinajstić information content (AvgIpc) is 3.00. The number of hydrogen-bond acceptors (Lipinski definition) is 1. The molecule has 1 nitrogen and oxygen atoms in total. The van der Waals surface area contributed by atoms with Crippen molar-refractivity contribution in [3.63, 3.8) is 0 Å². The van der Waals surface area contributed by atoms with E-state index in [0.717, 1.165) is 5.30 Å². The van der Waals surface area contributed by atoms with Crippen molar-refractivity contribution in [2.75, 3.05) is 0 Å². The van der Waals surface area contributed by atoms with Gasteiger partial charge in [-0.1, -0.05) is 58.0 Å². The predicted octanol–water partition coefficient (Wildman–Crippen LogP) is 6.22. The zero-order chi connectivity index (χ0) is 18.3. The van der Waals surface area contributed by atoms with Crippen LogP contribution in [0, 0.1) is 0 Å². The number of benzene rings is 3. The van der Waals surface area contributed by atoms with E-state index in [1.807, 2.05) is 6.07 Å². The van der Waals surface area contributed by atoms with Gasteiger partial charge in [-0.25, -0.2) is 0 Å². The highest BCUT2D eigenvalue weighted by molar-refractivity contribution is 7.34. The summed E-state index contributed by atoms with van der Waals surface area (Å²) in [5.41, 5.74) is 10.8. The van der Waals surface area contributed by atoms with Crippen molar-refractivity contribution in [1.29, 1.82) is 0 Å². The van der Waals surface area contributed by atoms with Crippen molar-refractivity contribution < 1.29 is 4.57 Å². The Labute approximate surface area is 156 Å². The molecule has 0 saturated heterocycles. The Morgan fingerprint density at radius 1 is 0.615 bits per heavy atom. The van der Waals surface area contributed by atoms with Gasteiger partial charge in [-0.05, 0) is 68.8 Å². The lowest BCUT2D eigenvalue weighted by atomic mass is 9.79. The third-order valence-corrected chi connectivity index (χ3v) is 6.96. The van der Waals surface area contributed by atoms with Crippen LogP contribution < -0.4 is 5.30 Å². The molecule has 0 atom stereocenters. The molecular formula is C24H21OP. The lowest BCUT2D eigenvalue weighted by Crippen LogP contribution is -2.17. The van der Waals surface area contributed by atoms with Gasteiger partial charge in [0.2, 0.25) is 0 Å². The Bertz CT molecular complexity index is 1110. The van der Waals surface area contributed by atoms with Gasteiger partial charge in [0.05, 0.1) is 0 Å². The lowest BCUT2D eigenvalue weighted by molar-refractivity contribution is 0.603. The minimum Gasteiger partial charge on any atom is -0.269 e. The van der Waals surface area contributed by atoms with Gasteiger partial charge in [0.15, 0.2) is 8.46 Å². The van der Waals surface area contributed by atoms with E-state index in [-0.39, 0.29) is 19.3 Å². The third kappa shape index (κ3) is 1.82. The summed E-state index contributed by atoms with van der Waals surface area (Å²) in [5, 5.41) is 0.850. The highest BCUT2D eigenvalue weighted by Crippen LogP contribution is 2.55. The second-order valence-electron chi connectivity index (χ2n) is 8.56. The molecule has 0 fully saturated rings. The Balaban J connectivity index is 1.84. The van der Waals surface area contributed by atoms with Crippen LogP contribution in [0.5, 0.6) is 0 Å². The Morgan fingerprint density at radius 2 is 1.15 bits per heavy atom. The molecule has 2 aliphatic carbocycles. The first-order valence-corrected chi connectivity index (χ1v) is 9.94. The summed E-state index contributed by atoms with van der Waals surface area (Å²) in [6.45, 7) is 9.21. The van der Waals surface area contributed by atoms with Crippen molar-refractivity contribution in [2.24, 2.45) is 0 Å². The van der Waals surface area contributed by atoms with E-state index in [1.165, 1.54) is 44.5 Å². The van der Waals surface area contributed by atoms with Crippen molar-refractivity contribution in [3.05, 3.63) is 76.9 Å². The van der Waals surface area contributed by atoms with Gasteiger partial charge >= 0.3 is 0 Å². The van der Waals surface area contributed by atoms with Gasteiger partial charge in [0, 0.05) is 16.1 Å². The summed E-state index contributed by atoms with van der Waals surface area (Å²) >= 11 is 0. The SMILES string of the molecule is CC1(C)c2ccccc2-c2cc3c(cc21)-c1ccc(P=O)cc1C3(C)C. The zero-order valence-electron chi connectivity index (χ0n) is 15.6. The van der Waals surface area contributed by atoms with Crippen molar-refractivity contribution in [1.82, 2.24) is 0 Å². The van der Waals surface area contributed by atoms with Gasteiger partial charge in [0.1, 0.15) is 0 Å². The van der Waals surface area contributed by atoms with E-state index >= 15 is 0 Å². The number of fused-ring (bicyclic) bond motifs is 6. The minimum atomic E-state index is -0.0813. The summed E-state index contributed by atoms with van der Waals surface area (Å²) in [5.74, 6) is 0. The first-order valence-electron chi connectivity index (χ1n) is 9.13. The molecule has 26 heavy (non-hydrogen) atoms. The van der Waals surface area contributed by atoms with Crippen molar-refractivity contribution in [3.8, 4) is 22.3 Å². The maximum atomic E-state index is 11.4. The summed E-state index contributed by atoms with van der Waals surface area (Å²) < 4.78 is 11.4. The molecule has 3 aromatic carbocycles. The molecule has 3 aromatic rings. The van der Waals surface area contributed by atoms with E-state index in [1.54, 1.807) is 0 Å². The summed E-state index contributed by atoms with van der Waals surface area (Å²) in [6, 6.07) is 19.8. The standard InChI is InChI=1S/C24H21OP/c1-23(2)19-8-6-5-7-15(19)17-12-22-18(13-21(17)23)16-10-9-14(26-25)11-20(16)24(22,3)4/h5-13H,1-4H3. The Hall–Kier alpha value is -2.24. The van der Waals surface area contributed by atoms with E-state index in [2.05, 4.69) is 76.2 Å². The second kappa shape index (κ2) is 4.93.